The molecule has 1 saturated heterocycles. The van der Waals surface area contributed by atoms with Crippen molar-refractivity contribution in [3.8, 4) is 0 Å². The molecule has 0 radical (unpaired) electrons. The van der Waals surface area contributed by atoms with Gasteiger partial charge in [0, 0.05) is 26.3 Å². The molecule has 0 aromatic heterocycles. The SMILES string of the molecule is COCCOCC(O)CN1CCCC1CCCO. The van der Waals surface area contributed by atoms with Gasteiger partial charge in [-0.05, 0) is 32.2 Å². The predicted octanol–water partition coefficient (Wildman–Crippen LogP) is 0.247. The fourth-order valence-electron chi connectivity index (χ4n) is 2.47. The first-order valence-electron chi connectivity index (χ1n) is 6.87. The zero-order valence-electron chi connectivity index (χ0n) is 11.4. The van der Waals surface area contributed by atoms with Crippen molar-refractivity contribution in [3.63, 3.8) is 0 Å². The Morgan fingerprint density at radius 3 is 2.94 bits per heavy atom. The largest absolute Gasteiger partial charge is 0.396 e. The van der Waals surface area contributed by atoms with Crippen molar-refractivity contribution in [1.82, 2.24) is 4.90 Å². The first-order chi connectivity index (χ1) is 8.77. The standard InChI is InChI=1S/C13H27NO4/c1-17-8-9-18-11-13(16)10-14-6-2-4-12(14)5-3-7-15/h12-13,15-16H,2-11H2,1H3. The van der Waals surface area contributed by atoms with Crippen LogP contribution in [-0.2, 0) is 9.47 Å². The molecule has 0 aliphatic carbocycles. The van der Waals surface area contributed by atoms with Gasteiger partial charge in [-0.3, -0.25) is 4.90 Å². The summed E-state index contributed by atoms with van der Waals surface area (Å²) >= 11 is 0. The van der Waals surface area contributed by atoms with Gasteiger partial charge in [0.25, 0.3) is 0 Å². The molecule has 18 heavy (non-hydrogen) atoms. The van der Waals surface area contributed by atoms with Crippen molar-refractivity contribution in [1.29, 1.82) is 0 Å². The fourth-order valence-corrected chi connectivity index (χ4v) is 2.47. The molecule has 0 aromatic carbocycles. The Labute approximate surface area is 110 Å². The molecule has 2 atom stereocenters. The minimum atomic E-state index is -0.434. The zero-order valence-corrected chi connectivity index (χ0v) is 11.4. The van der Waals surface area contributed by atoms with Gasteiger partial charge in [-0.25, -0.2) is 0 Å². The third-order valence-electron chi connectivity index (χ3n) is 3.38. The van der Waals surface area contributed by atoms with Crippen LogP contribution in [0.2, 0.25) is 0 Å². The second-order valence-corrected chi connectivity index (χ2v) is 4.88. The van der Waals surface area contributed by atoms with Crippen molar-refractivity contribution in [3.05, 3.63) is 0 Å². The van der Waals surface area contributed by atoms with Crippen LogP contribution in [-0.4, -0.2) is 73.9 Å². The Balaban J connectivity index is 2.14. The molecule has 1 heterocycles. The van der Waals surface area contributed by atoms with Gasteiger partial charge >= 0.3 is 0 Å². The van der Waals surface area contributed by atoms with Gasteiger partial charge in [-0.15, -0.1) is 0 Å². The van der Waals surface area contributed by atoms with Crippen LogP contribution in [0.3, 0.4) is 0 Å². The monoisotopic (exact) mass is 261 g/mol. The van der Waals surface area contributed by atoms with Gasteiger partial charge in [0.1, 0.15) is 0 Å². The van der Waals surface area contributed by atoms with Gasteiger partial charge < -0.3 is 19.7 Å². The molecule has 5 nitrogen and oxygen atoms in total. The van der Waals surface area contributed by atoms with Crippen molar-refractivity contribution in [2.75, 3.05) is 46.6 Å². The second kappa shape index (κ2) is 9.69. The minimum Gasteiger partial charge on any atom is -0.396 e. The van der Waals surface area contributed by atoms with Gasteiger partial charge in [0.15, 0.2) is 0 Å². The van der Waals surface area contributed by atoms with E-state index in [-0.39, 0.29) is 6.61 Å². The maximum Gasteiger partial charge on any atom is 0.0900 e. The number of β-amino-alcohol motifs (C(OH)–C–C–N with tert-alkyl or cyclic N) is 1. The van der Waals surface area contributed by atoms with Gasteiger partial charge in [-0.1, -0.05) is 0 Å². The molecule has 0 aromatic rings. The Morgan fingerprint density at radius 2 is 2.22 bits per heavy atom. The van der Waals surface area contributed by atoms with Gasteiger partial charge in [0.2, 0.25) is 0 Å². The average molecular weight is 261 g/mol. The van der Waals surface area contributed by atoms with Crippen LogP contribution in [0.5, 0.6) is 0 Å². The van der Waals surface area contributed by atoms with Crippen LogP contribution < -0.4 is 0 Å². The van der Waals surface area contributed by atoms with Crippen LogP contribution in [0.15, 0.2) is 0 Å². The number of aliphatic hydroxyl groups excluding tert-OH is 2. The Morgan fingerprint density at radius 1 is 1.39 bits per heavy atom. The maximum atomic E-state index is 9.90. The highest BCUT2D eigenvalue weighted by molar-refractivity contribution is 4.80. The van der Waals surface area contributed by atoms with Gasteiger partial charge in [0.05, 0.1) is 25.9 Å². The summed E-state index contributed by atoms with van der Waals surface area (Å²) in [6, 6.07) is 0.519. The molecule has 0 bridgehead atoms. The van der Waals surface area contributed by atoms with Gasteiger partial charge in [-0.2, -0.15) is 0 Å². The van der Waals surface area contributed by atoms with E-state index in [1.165, 1.54) is 12.8 Å². The molecule has 5 heteroatoms. The molecular formula is C13H27NO4. The van der Waals surface area contributed by atoms with E-state index in [9.17, 15) is 5.11 Å². The summed E-state index contributed by atoms with van der Waals surface area (Å²) in [4.78, 5) is 2.32. The molecule has 108 valence electrons. The number of hydrogen-bond donors (Lipinski definition) is 2. The number of methoxy groups -OCH3 is 1. The summed E-state index contributed by atoms with van der Waals surface area (Å²) in [6.07, 6.45) is 3.80. The predicted molar refractivity (Wildman–Crippen MR) is 69.6 cm³/mol. The molecule has 1 aliphatic heterocycles. The molecule has 0 spiro atoms. The molecule has 2 N–H and O–H groups in total. The molecular weight excluding hydrogens is 234 g/mol. The van der Waals surface area contributed by atoms with E-state index in [1.807, 2.05) is 0 Å². The number of rotatable bonds is 10. The van der Waals surface area contributed by atoms with E-state index in [1.54, 1.807) is 7.11 Å². The van der Waals surface area contributed by atoms with Crippen LogP contribution >= 0.6 is 0 Å². The lowest BCUT2D eigenvalue weighted by molar-refractivity contribution is -0.00269. The Hall–Kier alpha value is -0.200. The van der Waals surface area contributed by atoms with Crippen molar-refractivity contribution < 1.29 is 19.7 Å². The highest BCUT2D eigenvalue weighted by Crippen LogP contribution is 2.21. The summed E-state index contributed by atoms with van der Waals surface area (Å²) in [5, 5.41) is 18.8. The summed E-state index contributed by atoms with van der Waals surface area (Å²) in [5.41, 5.74) is 0. The first-order valence-corrected chi connectivity index (χ1v) is 6.87. The highest BCUT2D eigenvalue weighted by Gasteiger charge is 2.25. The average Bonchev–Trinajstić information content (AvgIpc) is 2.79. The number of likely N-dealkylation sites (tertiary alicyclic amines) is 1. The van der Waals surface area contributed by atoms with Crippen molar-refractivity contribution in [2.24, 2.45) is 0 Å². The van der Waals surface area contributed by atoms with Crippen molar-refractivity contribution >= 4 is 0 Å². The lowest BCUT2D eigenvalue weighted by atomic mass is 10.1. The maximum absolute atomic E-state index is 9.90. The van der Waals surface area contributed by atoms with Crippen LogP contribution in [0, 0.1) is 0 Å². The normalized spacial score (nSPS) is 22.5. The summed E-state index contributed by atoms with van der Waals surface area (Å²) in [7, 11) is 1.63. The third-order valence-corrected chi connectivity index (χ3v) is 3.38. The minimum absolute atomic E-state index is 0.257. The number of nitrogens with zero attached hydrogens (tertiary/aromatic N) is 1. The zero-order chi connectivity index (χ0) is 13.2. The molecule has 0 saturated carbocycles. The third kappa shape index (κ3) is 6.11. The van der Waals surface area contributed by atoms with E-state index in [2.05, 4.69) is 4.90 Å². The molecule has 1 aliphatic rings. The fraction of sp³-hybridized carbons (Fsp3) is 1.00. The number of aliphatic hydroxyl groups is 2. The van der Waals surface area contributed by atoms with Crippen molar-refractivity contribution in [2.45, 2.75) is 37.8 Å². The van der Waals surface area contributed by atoms with E-state index in [0.717, 1.165) is 19.4 Å². The first kappa shape index (κ1) is 15.9. The quantitative estimate of drug-likeness (QED) is 0.552. The molecule has 1 rings (SSSR count). The number of hydrogen-bond acceptors (Lipinski definition) is 5. The van der Waals surface area contributed by atoms with E-state index in [0.29, 0.717) is 32.4 Å². The van der Waals surface area contributed by atoms with Crippen LogP contribution in [0.1, 0.15) is 25.7 Å². The summed E-state index contributed by atoms with van der Waals surface area (Å²) in [6.45, 7) is 3.44. The van der Waals surface area contributed by atoms with Crippen LogP contribution in [0.4, 0.5) is 0 Å². The lowest BCUT2D eigenvalue weighted by Gasteiger charge is -2.26. The Bertz CT molecular complexity index is 203. The Kier molecular flexibility index (Phi) is 8.54. The summed E-state index contributed by atoms with van der Waals surface area (Å²) in [5.74, 6) is 0. The molecule has 2 unspecified atom stereocenters. The summed E-state index contributed by atoms with van der Waals surface area (Å²) < 4.78 is 10.2. The molecule has 1 fully saturated rings. The molecule has 0 amide bonds. The van der Waals surface area contributed by atoms with E-state index in [4.69, 9.17) is 14.6 Å². The second-order valence-electron chi connectivity index (χ2n) is 4.88. The lowest BCUT2D eigenvalue weighted by Crippen LogP contribution is -2.38. The highest BCUT2D eigenvalue weighted by atomic mass is 16.5. The van der Waals surface area contributed by atoms with Crippen LogP contribution in [0.25, 0.3) is 0 Å². The van der Waals surface area contributed by atoms with E-state index < -0.39 is 6.10 Å². The smallest absolute Gasteiger partial charge is 0.0900 e. The number of ether oxygens (including phenoxy) is 2. The van der Waals surface area contributed by atoms with E-state index >= 15 is 0 Å². The topological polar surface area (TPSA) is 62.2 Å².